The number of ether oxygens (including phenoxy) is 2. The molecule has 0 saturated heterocycles. The highest BCUT2D eigenvalue weighted by molar-refractivity contribution is 5.83. The molecule has 0 N–H and O–H groups in total. The number of rotatable bonds is 24. The minimum absolute atomic E-state index is 0.122. The Labute approximate surface area is 264 Å². The lowest BCUT2D eigenvalue weighted by atomic mass is 9.94. The maximum atomic E-state index is 6.20. The van der Waals surface area contributed by atoms with Crippen molar-refractivity contribution in [3.63, 3.8) is 0 Å². The smallest absolute Gasteiger partial charge is 0.119 e. The summed E-state index contributed by atoms with van der Waals surface area (Å²) in [6, 6.07) is 26.3. The number of benzene rings is 3. The van der Waals surface area contributed by atoms with Crippen molar-refractivity contribution in [3.05, 3.63) is 78.4 Å². The molecule has 3 aromatic carbocycles. The van der Waals surface area contributed by atoms with Gasteiger partial charge in [0, 0.05) is 6.61 Å². The van der Waals surface area contributed by atoms with E-state index in [-0.39, 0.29) is 6.10 Å². The van der Waals surface area contributed by atoms with E-state index >= 15 is 0 Å². The van der Waals surface area contributed by atoms with Crippen LogP contribution in [0.15, 0.2) is 72.8 Å². The van der Waals surface area contributed by atoms with Crippen LogP contribution in [-0.2, 0) is 4.74 Å². The second-order valence-corrected chi connectivity index (χ2v) is 12.4. The zero-order valence-electron chi connectivity index (χ0n) is 27.8. The molecule has 3 aromatic rings. The molecule has 3 rings (SSSR count). The van der Waals surface area contributed by atoms with Gasteiger partial charge in [0.2, 0.25) is 0 Å². The molecule has 0 radical (unpaired) electrons. The zero-order chi connectivity index (χ0) is 30.4. The van der Waals surface area contributed by atoms with Crippen LogP contribution in [0.2, 0.25) is 0 Å². The van der Waals surface area contributed by atoms with Crippen LogP contribution in [0.4, 0.5) is 0 Å². The number of hydrogen-bond donors (Lipinski definition) is 0. The fourth-order valence-corrected chi connectivity index (χ4v) is 5.85. The summed E-state index contributed by atoms with van der Waals surface area (Å²) >= 11 is 0. The van der Waals surface area contributed by atoms with E-state index < -0.39 is 0 Å². The average molecular weight is 585 g/mol. The highest BCUT2D eigenvalue weighted by Gasteiger charge is 2.10. The monoisotopic (exact) mass is 584 g/mol. The third kappa shape index (κ3) is 13.7. The summed E-state index contributed by atoms with van der Waals surface area (Å²) in [6.07, 6.45) is 22.8. The van der Waals surface area contributed by atoms with Crippen LogP contribution in [0.3, 0.4) is 0 Å². The lowest BCUT2D eigenvalue weighted by Gasteiger charge is -2.15. The largest absolute Gasteiger partial charge is 0.494 e. The molecule has 0 fully saturated rings. The maximum Gasteiger partial charge on any atom is 0.119 e. The van der Waals surface area contributed by atoms with Crippen LogP contribution < -0.4 is 4.74 Å². The first-order valence-electron chi connectivity index (χ1n) is 17.8. The van der Waals surface area contributed by atoms with Crippen molar-refractivity contribution >= 4 is 0 Å². The Balaban J connectivity index is 1.41. The summed E-state index contributed by atoms with van der Waals surface area (Å²) in [5.74, 6) is 0.961. The second kappa shape index (κ2) is 22.0. The molecule has 1 atom stereocenters. The van der Waals surface area contributed by atoms with Crippen molar-refractivity contribution < 1.29 is 9.47 Å². The summed E-state index contributed by atoms with van der Waals surface area (Å²) in [7, 11) is 0. The molecule has 0 aliphatic rings. The molecule has 0 aromatic heterocycles. The fourth-order valence-electron chi connectivity index (χ4n) is 5.85. The molecule has 0 heterocycles. The molecular formula is C41H60O2. The van der Waals surface area contributed by atoms with Gasteiger partial charge in [-0.1, -0.05) is 171 Å². The minimum Gasteiger partial charge on any atom is -0.494 e. The molecule has 0 bridgehead atoms. The topological polar surface area (TPSA) is 18.5 Å². The molecule has 0 aliphatic heterocycles. The van der Waals surface area contributed by atoms with Gasteiger partial charge in [-0.05, 0) is 59.7 Å². The van der Waals surface area contributed by atoms with Gasteiger partial charge in [0.1, 0.15) is 5.75 Å². The van der Waals surface area contributed by atoms with Crippen LogP contribution in [0.25, 0.3) is 22.3 Å². The number of unbranched alkanes of at least 4 members (excludes halogenated alkanes) is 15. The molecule has 1 unspecified atom stereocenters. The lowest BCUT2D eigenvalue weighted by Crippen LogP contribution is -2.02. The van der Waals surface area contributed by atoms with Crippen LogP contribution in [0.5, 0.6) is 5.75 Å². The molecule has 0 spiro atoms. The Morgan fingerprint density at radius 1 is 0.465 bits per heavy atom. The van der Waals surface area contributed by atoms with Gasteiger partial charge in [-0.15, -0.1) is 0 Å². The average Bonchev–Trinajstić information content (AvgIpc) is 3.05. The van der Waals surface area contributed by atoms with Crippen molar-refractivity contribution in [1.29, 1.82) is 0 Å². The third-order valence-corrected chi connectivity index (χ3v) is 8.67. The predicted octanol–water partition coefficient (Wildman–Crippen LogP) is 13.1. The predicted molar refractivity (Wildman–Crippen MR) is 187 cm³/mol. The van der Waals surface area contributed by atoms with E-state index in [9.17, 15) is 0 Å². The molecule has 0 aliphatic carbocycles. The van der Waals surface area contributed by atoms with Gasteiger partial charge in [0.25, 0.3) is 0 Å². The van der Waals surface area contributed by atoms with Crippen molar-refractivity contribution in [2.45, 2.75) is 136 Å². The van der Waals surface area contributed by atoms with E-state index in [2.05, 4.69) is 93.6 Å². The molecule has 2 heteroatoms. The SMILES string of the molecule is CCCCCCCCCCCCOC(C)c1ccc(-c2ccccc2-c2ccc(OCCCCCCCCC)cc2)cc1. The van der Waals surface area contributed by atoms with E-state index in [1.54, 1.807) is 0 Å². The molecule has 0 saturated carbocycles. The summed E-state index contributed by atoms with van der Waals surface area (Å²) in [5.41, 5.74) is 6.20. The van der Waals surface area contributed by atoms with Gasteiger partial charge in [-0.2, -0.15) is 0 Å². The zero-order valence-corrected chi connectivity index (χ0v) is 27.8. The van der Waals surface area contributed by atoms with Gasteiger partial charge >= 0.3 is 0 Å². The van der Waals surface area contributed by atoms with Crippen molar-refractivity contribution in [2.24, 2.45) is 0 Å². The van der Waals surface area contributed by atoms with Crippen molar-refractivity contribution in [3.8, 4) is 28.0 Å². The first kappa shape index (κ1) is 34.9. The van der Waals surface area contributed by atoms with Gasteiger partial charge in [0.15, 0.2) is 0 Å². The summed E-state index contributed by atoms with van der Waals surface area (Å²) < 4.78 is 12.2. The standard InChI is InChI=1S/C41H60O2/c1-4-6-8-10-12-13-14-16-17-21-33-42-35(3)36-25-27-37(28-26-36)40-23-19-20-24-41(40)38-29-31-39(32-30-38)43-34-22-18-15-11-9-7-5-2/h19-20,23-32,35H,4-18,21-22,33-34H2,1-3H3. The van der Waals surface area contributed by atoms with Gasteiger partial charge in [-0.3, -0.25) is 0 Å². The van der Waals surface area contributed by atoms with Crippen molar-refractivity contribution in [1.82, 2.24) is 0 Å². The third-order valence-electron chi connectivity index (χ3n) is 8.67. The van der Waals surface area contributed by atoms with Gasteiger partial charge < -0.3 is 9.47 Å². The quantitative estimate of drug-likeness (QED) is 0.0975. The highest BCUT2D eigenvalue weighted by atomic mass is 16.5. The Bertz CT molecular complexity index is 1090. The number of hydrogen-bond acceptors (Lipinski definition) is 2. The Morgan fingerprint density at radius 3 is 1.37 bits per heavy atom. The Kier molecular flexibility index (Phi) is 17.9. The first-order valence-corrected chi connectivity index (χ1v) is 17.8. The van der Waals surface area contributed by atoms with Crippen LogP contribution in [0, 0.1) is 0 Å². The highest BCUT2D eigenvalue weighted by Crippen LogP contribution is 2.33. The molecule has 2 nitrogen and oxygen atoms in total. The molecule has 0 amide bonds. The van der Waals surface area contributed by atoms with E-state index in [0.29, 0.717) is 0 Å². The van der Waals surface area contributed by atoms with Crippen LogP contribution in [0.1, 0.15) is 142 Å². The van der Waals surface area contributed by atoms with Crippen LogP contribution >= 0.6 is 0 Å². The molecule has 43 heavy (non-hydrogen) atoms. The van der Waals surface area contributed by atoms with E-state index in [4.69, 9.17) is 9.47 Å². The maximum absolute atomic E-state index is 6.20. The van der Waals surface area contributed by atoms with Gasteiger partial charge in [-0.25, -0.2) is 0 Å². The fraction of sp³-hybridized carbons (Fsp3) is 0.561. The van der Waals surface area contributed by atoms with Crippen LogP contribution in [-0.4, -0.2) is 13.2 Å². The summed E-state index contributed by atoms with van der Waals surface area (Å²) in [4.78, 5) is 0. The lowest BCUT2D eigenvalue weighted by molar-refractivity contribution is 0.0627. The Morgan fingerprint density at radius 2 is 0.884 bits per heavy atom. The first-order chi connectivity index (χ1) is 21.2. The van der Waals surface area contributed by atoms with Crippen molar-refractivity contribution in [2.75, 3.05) is 13.2 Å². The summed E-state index contributed by atoms with van der Waals surface area (Å²) in [6.45, 7) is 8.38. The van der Waals surface area contributed by atoms with E-state index in [0.717, 1.165) is 31.8 Å². The van der Waals surface area contributed by atoms with Gasteiger partial charge in [0.05, 0.1) is 12.7 Å². The summed E-state index contributed by atoms with van der Waals surface area (Å²) in [5, 5.41) is 0. The molecule has 236 valence electrons. The minimum atomic E-state index is 0.122. The normalized spacial score (nSPS) is 12.0. The second-order valence-electron chi connectivity index (χ2n) is 12.4. The molecular weight excluding hydrogens is 524 g/mol. The van der Waals surface area contributed by atoms with E-state index in [1.165, 1.54) is 124 Å². The Hall–Kier alpha value is -2.58. The van der Waals surface area contributed by atoms with E-state index in [1.807, 2.05) is 0 Å².